The fraction of sp³-hybridized carbons (Fsp3) is 0.182. The molecule has 0 saturated heterocycles. The van der Waals surface area contributed by atoms with Crippen LogP contribution in [0.5, 0.6) is 0 Å². The summed E-state index contributed by atoms with van der Waals surface area (Å²) in [6.45, 7) is 3.73. The summed E-state index contributed by atoms with van der Waals surface area (Å²) in [6, 6.07) is 20.5. The Balaban J connectivity index is 1.45. The Bertz CT molecular complexity index is 1010. The molecule has 0 spiro atoms. The zero-order valence-electron chi connectivity index (χ0n) is 15.4. The van der Waals surface area contributed by atoms with Crippen LogP contribution in [0.3, 0.4) is 0 Å². The van der Waals surface area contributed by atoms with E-state index in [1.54, 1.807) is 0 Å². The number of nitrogens with zero attached hydrogens (tertiary/aromatic N) is 3. The zero-order chi connectivity index (χ0) is 18.5. The molecule has 2 aromatic carbocycles. The number of nitrogens with one attached hydrogen (secondary N) is 2. The molecule has 0 aliphatic carbocycles. The lowest BCUT2D eigenvalue weighted by Crippen LogP contribution is -2.19. The predicted molar refractivity (Wildman–Crippen MR) is 112 cm³/mol. The standard InChI is InChI=1S/C22H23N5/c1-2-27(18-8-4-3-5-9-18)22-24-15-13-21(26-22)23-14-12-17-16-25-20-11-7-6-10-19(17)20/h3-11,13,15-16,25H,2,12,14H2,1H3,(H,23,24,26). The number of rotatable bonds is 7. The minimum Gasteiger partial charge on any atom is -0.370 e. The van der Waals surface area contributed by atoms with Crippen molar-refractivity contribution < 1.29 is 0 Å². The molecule has 5 nitrogen and oxygen atoms in total. The van der Waals surface area contributed by atoms with Crippen LogP contribution < -0.4 is 10.2 Å². The van der Waals surface area contributed by atoms with E-state index in [0.717, 1.165) is 31.0 Å². The molecular formula is C22H23N5. The highest BCUT2D eigenvalue weighted by Gasteiger charge is 2.10. The van der Waals surface area contributed by atoms with Gasteiger partial charge in [-0.05, 0) is 43.2 Å². The van der Waals surface area contributed by atoms with Crippen molar-refractivity contribution in [3.8, 4) is 0 Å². The summed E-state index contributed by atoms with van der Waals surface area (Å²) in [5.41, 5.74) is 3.58. The van der Waals surface area contributed by atoms with Crippen molar-refractivity contribution in [3.05, 3.63) is 78.6 Å². The maximum atomic E-state index is 4.70. The van der Waals surface area contributed by atoms with Gasteiger partial charge in [0.05, 0.1) is 0 Å². The third kappa shape index (κ3) is 3.77. The zero-order valence-corrected chi connectivity index (χ0v) is 15.4. The number of anilines is 3. The van der Waals surface area contributed by atoms with Crippen LogP contribution in [0.2, 0.25) is 0 Å². The largest absolute Gasteiger partial charge is 0.370 e. The SMILES string of the molecule is CCN(c1ccccc1)c1nccc(NCCc2c[nH]c3ccccc23)n1. The Kier molecular flexibility index (Phi) is 5.01. The van der Waals surface area contributed by atoms with Crippen molar-refractivity contribution in [3.63, 3.8) is 0 Å². The monoisotopic (exact) mass is 357 g/mol. The molecule has 0 radical (unpaired) electrons. The van der Waals surface area contributed by atoms with Crippen LogP contribution in [0.25, 0.3) is 10.9 Å². The number of H-pyrrole nitrogens is 1. The number of benzene rings is 2. The van der Waals surface area contributed by atoms with Gasteiger partial charge in [-0.1, -0.05) is 36.4 Å². The lowest BCUT2D eigenvalue weighted by molar-refractivity contribution is 0.937. The quantitative estimate of drug-likeness (QED) is 0.500. The van der Waals surface area contributed by atoms with Crippen LogP contribution >= 0.6 is 0 Å². The van der Waals surface area contributed by atoms with Gasteiger partial charge in [-0.15, -0.1) is 0 Å². The topological polar surface area (TPSA) is 56.8 Å². The van der Waals surface area contributed by atoms with Crippen molar-refractivity contribution >= 4 is 28.4 Å². The molecule has 2 heterocycles. The minimum atomic E-state index is 0.709. The molecule has 2 aromatic heterocycles. The molecule has 0 aliphatic heterocycles. The smallest absolute Gasteiger partial charge is 0.231 e. The van der Waals surface area contributed by atoms with E-state index in [9.17, 15) is 0 Å². The molecule has 4 aromatic rings. The van der Waals surface area contributed by atoms with Gasteiger partial charge in [-0.3, -0.25) is 0 Å². The van der Waals surface area contributed by atoms with Crippen molar-refractivity contribution in [1.29, 1.82) is 0 Å². The number of aromatic nitrogens is 3. The number of hydrogen-bond donors (Lipinski definition) is 2. The van der Waals surface area contributed by atoms with Crippen LogP contribution in [0.1, 0.15) is 12.5 Å². The normalized spacial score (nSPS) is 10.9. The number of fused-ring (bicyclic) bond motifs is 1. The summed E-state index contributed by atoms with van der Waals surface area (Å²) in [4.78, 5) is 14.6. The van der Waals surface area contributed by atoms with Crippen LogP contribution in [0.15, 0.2) is 73.1 Å². The Labute approximate surface area is 159 Å². The van der Waals surface area contributed by atoms with Crippen molar-refractivity contribution in [2.24, 2.45) is 0 Å². The van der Waals surface area contributed by atoms with Crippen molar-refractivity contribution in [2.75, 3.05) is 23.3 Å². The molecule has 4 rings (SSSR count). The summed E-state index contributed by atoms with van der Waals surface area (Å²) in [6.07, 6.45) is 4.83. The maximum absolute atomic E-state index is 4.70. The Morgan fingerprint density at radius 1 is 1.00 bits per heavy atom. The fourth-order valence-corrected chi connectivity index (χ4v) is 3.29. The van der Waals surface area contributed by atoms with E-state index in [1.165, 1.54) is 16.5 Å². The van der Waals surface area contributed by atoms with Gasteiger partial charge in [0, 0.05) is 42.1 Å². The van der Waals surface area contributed by atoms with E-state index in [2.05, 4.69) is 69.7 Å². The average Bonchev–Trinajstić information content (AvgIpc) is 3.13. The number of para-hydroxylation sites is 2. The van der Waals surface area contributed by atoms with E-state index < -0.39 is 0 Å². The third-order valence-corrected chi connectivity index (χ3v) is 4.64. The molecule has 0 aliphatic rings. The summed E-state index contributed by atoms with van der Waals surface area (Å²) in [5, 5.41) is 4.71. The van der Waals surface area contributed by atoms with Crippen LogP contribution in [0, 0.1) is 0 Å². The van der Waals surface area contributed by atoms with E-state index in [1.807, 2.05) is 30.5 Å². The first-order chi connectivity index (χ1) is 13.3. The van der Waals surface area contributed by atoms with Gasteiger partial charge in [0.25, 0.3) is 0 Å². The number of aromatic amines is 1. The molecule has 0 unspecified atom stereocenters. The highest BCUT2D eigenvalue weighted by Crippen LogP contribution is 2.22. The maximum Gasteiger partial charge on any atom is 0.231 e. The van der Waals surface area contributed by atoms with Gasteiger partial charge in [0.2, 0.25) is 5.95 Å². The predicted octanol–water partition coefficient (Wildman–Crippen LogP) is 4.77. The Hall–Kier alpha value is -3.34. The van der Waals surface area contributed by atoms with Crippen molar-refractivity contribution in [1.82, 2.24) is 15.0 Å². The molecule has 0 fully saturated rings. The lowest BCUT2D eigenvalue weighted by Gasteiger charge is -2.21. The van der Waals surface area contributed by atoms with Crippen LogP contribution in [0.4, 0.5) is 17.5 Å². The fourth-order valence-electron chi connectivity index (χ4n) is 3.29. The van der Waals surface area contributed by atoms with Crippen LogP contribution in [-0.4, -0.2) is 28.0 Å². The van der Waals surface area contributed by atoms with Gasteiger partial charge in [-0.25, -0.2) is 4.98 Å². The first-order valence-electron chi connectivity index (χ1n) is 9.29. The second kappa shape index (κ2) is 7.91. The summed E-state index contributed by atoms with van der Waals surface area (Å²) >= 11 is 0. The minimum absolute atomic E-state index is 0.709. The van der Waals surface area contributed by atoms with Crippen LogP contribution in [-0.2, 0) is 6.42 Å². The summed E-state index contributed by atoms with van der Waals surface area (Å²) in [5.74, 6) is 1.55. The Morgan fingerprint density at radius 2 is 1.81 bits per heavy atom. The number of hydrogen-bond acceptors (Lipinski definition) is 4. The molecule has 0 amide bonds. The van der Waals surface area contributed by atoms with Gasteiger partial charge >= 0.3 is 0 Å². The molecule has 27 heavy (non-hydrogen) atoms. The van der Waals surface area contributed by atoms with Crippen molar-refractivity contribution in [2.45, 2.75) is 13.3 Å². The first-order valence-corrected chi connectivity index (χ1v) is 9.29. The molecule has 0 bridgehead atoms. The molecule has 0 saturated carbocycles. The molecule has 2 N–H and O–H groups in total. The van der Waals surface area contributed by atoms with Gasteiger partial charge in [0.15, 0.2) is 0 Å². The molecule has 5 heteroatoms. The first kappa shape index (κ1) is 17.1. The lowest BCUT2D eigenvalue weighted by atomic mass is 10.1. The highest BCUT2D eigenvalue weighted by molar-refractivity contribution is 5.83. The second-order valence-electron chi connectivity index (χ2n) is 6.36. The van der Waals surface area contributed by atoms with E-state index >= 15 is 0 Å². The van der Waals surface area contributed by atoms with Gasteiger partial charge < -0.3 is 15.2 Å². The summed E-state index contributed by atoms with van der Waals surface area (Å²) < 4.78 is 0. The van der Waals surface area contributed by atoms with Gasteiger partial charge in [0.1, 0.15) is 5.82 Å². The van der Waals surface area contributed by atoms with Gasteiger partial charge in [-0.2, -0.15) is 4.98 Å². The van der Waals surface area contributed by atoms with E-state index in [0.29, 0.717) is 5.95 Å². The average molecular weight is 357 g/mol. The molecule has 0 atom stereocenters. The molecule has 136 valence electrons. The van der Waals surface area contributed by atoms with E-state index in [-0.39, 0.29) is 0 Å². The summed E-state index contributed by atoms with van der Waals surface area (Å²) in [7, 11) is 0. The Morgan fingerprint density at radius 3 is 2.67 bits per heavy atom. The highest BCUT2D eigenvalue weighted by atomic mass is 15.3. The second-order valence-corrected chi connectivity index (χ2v) is 6.36. The molecular weight excluding hydrogens is 334 g/mol. The third-order valence-electron chi connectivity index (χ3n) is 4.64. The van der Waals surface area contributed by atoms with E-state index in [4.69, 9.17) is 4.98 Å².